The van der Waals surface area contributed by atoms with Crippen LogP contribution in [0.5, 0.6) is 17.2 Å². The highest BCUT2D eigenvalue weighted by Gasteiger charge is 2.34. The SMILES string of the molecule is C=CCOc1ccc(-c2nn(-c3ccccc3)cc2C=c2sc3n(c2=O)C(c2ccc(OC(C)=O)c(OC)c2)C(C(=O)OCC)=C(C)N=3)cc1C. The highest BCUT2D eigenvalue weighted by molar-refractivity contribution is 7.07. The van der Waals surface area contributed by atoms with Gasteiger partial charge in [0.2, 0.25) is 0 Å². The normalized spacial score (nSPS) is 14.1. The molecule has 1 unspecified atom stereocenters. The molecule has 11 nitrogen and oxygen atoms in total. The van der Waals surface area contributed by atoms with Crippen molar-refractivity contribution in [3.63, 3.8) is 0 Å². The number of carbonyl (C=O) groups is 2. The lowest BCUT2D eigenvalue weighted by atomic mass is 9.95. The van der Waals surface area contributed by atoms with E-state index in [2.05, 4.69) is 6.58 Å². The molecule has 0 saturated carbocycles. The molecule has 5 aromatic rings. The van der Waals surface area contributed by atoms with E-state index in [1.165, 1.54) is 29.9 Å². The third-order valence-corrected chi connectivity index (χ3v) is 9.11. The number of fused-ring (bicyclic) bond motifs is 1. The molecule has 6 rings (SSSR count). The van der Waals surface area contributed by atoms with Crippen molar-refractivity contribution in [2.45, 2.75) is 33.7 Å². The smallest absolute Gasteiger partial charge is 0.338 e. The van der Waals surface area contributed by atoms with E-state index in [0.29, 0.717) is 38.5 Å². The van der Waals surface area contributed by atoms with Crippen LogP contribution in [0.15, 0.2) is 107 Å². The van der Waals surface area contributed by atoms with Gasteiger partial charge in [-0.1, -0.05) is 48.3 Å². The predicted molar refractivity (Wildman–Crippen MR) is 194 cm³/mol. The number of carbonyl (C=O) groups excluding carboxylic acids is 2. The number of hydrogen-bond acceptors (Lipinski definition) is 10. The molecule has 0 fully saturated rings. The third-order valence-electron chi connectivity index (χ3n) is 8.13. The maximum atomic E-state index is 14.5. The summed E-state index contributed by atoms with van der Waals surface area (Å²) in [6.07, 6.45) is 5.37. The lowest BCUT2D eigenvalue weighted by Crippen LogP contribution is -2.40. The molecule has 3 heterocycles. The van der Waals surface area contributed by atoms with Crippen LogP contribution in [0.4, 0.5) is 0 Å². The van der Waals surface area contributed by atoms with E-state index in [0.717, 1.165) is 22.6 Å². The molecule has 3 aromatic carbocycles. The van der Waals surface area contributed by atoms with Crippen LogP contribution in [-0.2, 0) is 14.3 Å². The van der Waals surface area contributed by atoms with Gasteiger partial charge >= 0.3 is 11.9 Å². The van der Waals surface area contributed by atoms with E-state index in [1.807, 2.05) is 61.7 Å². The lowest BCUT2D eigenvalue weighted by molar-refractivity contribution is -0.139. The number of allylic oxidation sites excluding steroid dienone is 1. The van der Waals surface area contributed by atoms with E-state index in [-0.39, 0.29) is 29.2 Å². The van der Waals surface area contributed by atoms with Crippen LogP contribution in [-0.4, -0.2) is 46.6 Å². The largest absolute Gasteiger partial charge is 0.493 e. The molecule has 0 N–H and O–H groups in total. The van der Waals surface area contributed by atoms with Crippen molar-refractivity contribution >= 4 is 29.4 Å². The number of nitrogens with zero attached hydrogens (tertiary/aromatic N) is 4. The van der Waals surface area contributed by atoms with Gasteiger partial charge in [-0.3, -0.25) is 14.2 Å². The van der Waals surface area contributed by atoms with Crippen molar-refractivity contribution in [2.75, 3.05) is 20.3 Å². The van der Waals surface area contributed by atoms with E-state index < -0.39 is 18.0 Å². The number of thiazole rings is 1. The molecule has 12 heteroatoms. The summed E-state index contributed by atoms with van der Waals surface area (Å²) in [7, 11) is 1.45. The fourth-order valence-electron chi connectivity index (χ4n) is 5.88. The monoisotopic (exact) mass is 704 g/mol. The minimum atomic E-state index is -0.903. The topological polar surface area (TPSA) is 123 Å². The Morgan fingerprint density at radius 2 is 1.78 bits per heavy atom. The van der Waals surface area contributed by atoms with E-state index in [4.69, 9.17) is 29.0 Å². The summed E-state index contributed by atoms with van der Waals surface area (Å²) in [5.74, 6) is 0.0960. The fraction of sp³-hybridized carbons (Fsp3) is 0.205. The van der Waals surface area contributed by atoms with E-state index in [1.54, 1.807) is 48.9 Å². The predicted octanol–water partition coefficient (Wildman–Crippen LogP) is 5.46. The summed E-state index contributed by atoms with van der Waals surface area (Å²) in [6, 6.07) is 19.5. The Labute approximate surface area is 298 Å². The average Bonchev–Trinajstić information content (AvgIpc) is 3.67. The van der Waals surface area contributed by atoms with Gasteiger partial charge in [-0.25, -0.2) is 14.5 Å². The van der Waals surface area contributed by atoms with Crippen LogP contribution in [0.2, 0.25) is 0 Å². The Hall–Kier alpha value is -6.01. The van der Waals surface area contributed by atoms with Crippen molar-refractivity contribution in [3.05, 3.63) is 133 Å². The zero-order valence-corrected chi connectivity index (χ0v) is 29.7. The van der Waals surface area contributed by atoms with Gasteiger partial charge in [0.15, 0.2) is 16.3 Å². The molecule has 0 radical (unpaired) electrons. The molecule has 1 aliphatic rings. The van der Waals surface area contributed by atoms with Gasteiger partial charge in [0.05, 0.1) is 41.2 Å². The quantitative estimate of drug-likeness (QED) is 0.101. The highest BCUT2D eigenvalue weighted by Crippen LogP contribution is 2.36. The van der Waals surface area contributed by atoms with Crippen LogP contribution in [0.25, 0.3) is 23.0 Å². The van der Waals surface area contributed by atoms with Crippen molar-refractivity contribution in [1.29, 1.82) is 0 Å². The Bertz CT molecular complexity index is 2370. The Morgan fingerprint density at radius 1 is 1.02 bits per heavy atom. The van der Waals surface area contributed by atoms with Gasteiger partial charge in [0.1, 0.15) is 18.1 Å². The second-order valence-corrected chi connectivity index (χ2v) is 12.6. The van der Waals surface area contributed by atoms with Crippen LogP contribution < -0.4 is 29.1 Å². The van der Waals surface area contributed by atoms with Gasteiger partial charge in [-0.15, -0.1) is 0 Å². The Morgan fingerprint density at radius 3 is 2.47 bits per heavy atom. The van der Waals surface area contributed by atoms with E-state index >= 15 is 0 Å². The molecular weight excluding hydrogens is 669 g/mol. The molecule has 0 amide bonds. The lowest BCUT2D eigenvalue weighted by Gasteiger charge is -2.25. The first kappa shape index (κ1) is 34.8. The number of hydrogen-bond donors (Lipinski definition) is 0. The standard InChI is InChI=1S/C39H36N4O7S/c1-7-18-49-30-16-14-26(19-23(30)3)35-28(22-42(41-35)29-12-10-9-11-13-29)21-33-37(45)43-36(27-15-17-31(50-25(5)44)32(20-27)47-6)34(38(46)48-8-2)24(4)40-39(43)51-33/h7,9-17,19-22,36H,1,8,18H2,2-6H3. The summed E-state index contributed by atoms with van der Waals surface area (Å²) >= 11 is 1.21. The zero-order valence-electron chi connectivity index (χ0n) is 28.8. The molecule has 2 aromatic heterocycles. The van der Waals surface area contributed by atoms with Gasteiger partial charge in [-0.2, -0.15) is 5.10 Å². The number of rotatable bonds is 11. The molecule has 260 valence electrons. The minimum absolute atomic E-state index is 0.135. The molecular formula is C39H36N4O7S. The summed E-state index contributed by atoms with van der Waals surface area (Å²) < 4.78 is 25.7. The van der Waals surface area contributed by atoms with Crippen LogP contribution in [0.3, 0.4) is 0 Å². The zero-order chi connectivity index (χ0) is 36.2. The molecule has 1 aliphatic heterocycles. The van der Waals surface area contributed by atoms with E-state index in [9.17, 15) is 14.4 Å². The molecule has 0 spiro atoms. The highest BCUT2D eigenvalue weighted by atomic mass is 32.1. The molecule has 0 aliphatic carbocycles. The molecule has 1 atom stereocenters. The van der Waals surface area contributed by atoms with Crippen molar-refractivity contribution in [2.24, 2.45) is 4.99 Å². The maximum Gasteiger partial charge on any atom is 0.338 e. The number of ether oxygens (including phenoxy) is 4. The minimum Gasteiger partial charge on any atom is -0.493 e. The maximum absolute atomic E-state index is 14.5. The van der Waals surface area contributed by atoms with Crippen molar-refractivity contribution in [1.82, 2.24) is 14.3 Å². The first-order valence-corrected chi connectivity index (χ1v) is 17.0. The van der Waals surface area contributed by atoms with Crippen LogP contribution in [0, 0.1) is 6.92 Å². The molecule has 0 saturated heterocycles. The first-order valence-electron chi connectivity index (χ1n) is 16.2. The number of para-hydroxylation sites is 1. The van der Waals surface area contributed by atoms with Gasteiger partial charge < -0.3 is 18.9 Å². The number of aryl methyl sites for hydroxylation is 1. The third kappa shape index (κ3) is 7.04. The number of aromatic nitrogens is 3. The van der Waals surface area contributed by atoms with Gasteiger partial charge in [-0.05, 0) is 80.4 Å². The molecule has 0 bridgehead atoms. The summed E-state index contributed by atoms with van der Waals surface area (Å²) in [5, 5.41) is 4.95. The van der Waals surface area contributed by atoms with Crippen molar-refractivity contribution in [3.8, 4) is 34.2 Å². The summed E-state index contributed by atoms with van der Waals surface area (Å²) in [6.45, 7) is 10.9. The Balaban J connectivity index is 1.54. The van der Waals surface area contributed by atoms with Crippen molar-refractivity contribution < 1.29 is 28.5 Å². The van der Waals surface area contributed by atoms with Crippen LogP contribution in [0.1, 0.15) is 43.5 Å². The number of benzene rings is 3. The molecule has 51 heavy (non-hydrogen) atoms. The second-order valence-electron chi connectivity index (χ2n) is 11.6. The van der Waals surface area contributed by atoms with Gasteiger partial charge in [0.25, 0.3) is 5.56 Å². The summed E-state index contributed by atoms with van der Waals surface area (Å²) in [5.41, 5.74) is 4.79. The number of methoxy groups -OCH3 is 1. The number of esters is 2. The second kappa shape index (κ2) is 14.9. The Kier molecular flexibility index (Phi) is 10.1. The summed E-state index contributed by atoms with van der Waals surface area (Å²) in [4.78, 5) is 44.8. The fourth-order valence-corrected chi connectivity index (χ4v) is 6.92. The van der Waals surface area contributed by atoms with Crippen LogP contribution >= 0.6 is 11.3 Å². The average molecular weight is 705 g/mol. The van der Waals surface area contributed by atoms with Gasteiger partial charge in [0, 0.05) is 24.2 Å². The first-order chi connectivity index (χ1) is 24.6.